The van der Waals surface area contributed by atoms with Crippen molar-refractivity contribution in [2.24, 2.45) is 0 Å². The molecule has 1 saturated heterocycles. The van der Waals surface area contributed by atoms with Gasteiger partial charge in [0.2, 0.25) is 5.91 Å². The van der Waals surface area contributed by atoms with Crippen LogP contribution in [0.5, 0.6) is 0 Å². The van der Waals surface area contributed by atoms with Crippen LogP contribution in [0, 0.1) is 5.82 Å². The third-order valence-corrected chi connectivity index (χ3v) is 8.06. The standard InChI is InChI=1S/C31H44FN5O/c1-7-14-34(8-2)19-27-20-35(9-3)23(4)18-36(27)21-29(38)37-22-31(5,6)30-28(37)16-25(17-33-30)15-24-10-12-26(32)13-11-24/h9-13,16-17,23,27H,3,7-8,14-15,18-22H2,1-2,4-6H3/t23?,27-/m0/s1. The number of rotatable bonds is 10. The second-order valence-electron chi connectivity index (χ2n) is 11.6. The number of benzene rings is 1. The number of pyridine rings is 1. The normalized spacial score (nSPS) is 21.1. The number of fused-ring (bicyclic) bond motifs is 1. The van der Waals surface area contributed by atoms with E-state index in [1.54, 1.807) is 12.1 Å². The lowest BCUT2D eigenvalue weighted by Gasteiger charge is -2.46. The Bertz CT molecular complexity index is 1120. The molecule has 1 fully saturated rings. The van der Waals surface area contributed by atoms with Crippen LogP contribution in [-0.2, 0) is 16.6 Å². The van der Waals surface area contributed by atoms with Gasteiger partial charge < -0.3 is 14.7 Å². The van der Waals surface area contributed by atoms with E-state index < -0.39 is 0 Å². The van der Waals surface area contributed by atoms with Crippen molar-refractivity contribution < 1.29 is 9.18 Å². The summed E-state index contributed by atoms with van der Waals surface area (Å²) >= 11 is 0. The number of carbonyl (C=O) groups is 1. The van der Waals surface area contributed by atoms with E-state index in [2.05, 4.69) is 62.0 Å². The highest BCUT2D eigenvalue weighted by Gasteiger charge is 2.41. The lowest BCUT2D eigenvalue weighted by Crippen LogP contribution is -2.60. The zero-order chi connectivity index (χ0) is 27.4. The van der Waals surface area contributed by atoms with E-state index >= 15 is 0 Å². The van der Waals surface area contributed by atoms with Gasteiger partial charge in [-0.3, -0.25) is 14.7 Å². The number of carbonyl (C=O) groups excluding carboxylic acids is 1. The Morgan fingerprint density at radius 3 is 2.61 bits per heavy atom. The maximum Gasteiger partial charge on any atom is 0.241 e. The predicted molar refractivity (Wildman–Crippen MR) is 153 cm³/mol. The van der Waals surface area contributed by atoms with Crippen LogP contribution in [0.4, 0.5) is 10.1 Å². The fourth-order valence-electron chi connectivity index (χ4n) is 5.94. The zero-order valence-corrected chi connectivity index (χ0v) is 23.8. The summed E-state index contributed by atoms with van der Waals surface area (Å²) in [5, 5.41) is 0. The minimum absolute atomic E-state index is 0.125. The van der Waals surface area contributed by atoms with E-state index in [9.17, 15) is 9.18 Å². The van der Waals surface area contributed by atoms with Crippen LogP contribution in [0.15, 0.2) is 49.3 Å². The van der Waals surface area contributed by atoms with Crippen molar-refractivity contribution in [2.75, 3.05) is 50.7 Å². The highest BCUT2D eigenvalue weighted by molar-refractivity contribution is 5.97. The summed E-state index contributed by atoms with van der Waals surface area (Å²) < 4.78 is 13.4. The molecule has 7 heteroatoms. The van der Waals surface area contributed by atoms with Crippen molar-refractivity contribution in [2.45, 2.75) is 65.0 Å². The Labute approximate surface area is 228 Å². The third-order valence-electron chi connectivity index (χ3n) is 8.06. The largest absolute Gasteiger partial charge is 0.372 e. The van der Waals surface area contributed by atoms with Gasteiger partial charge in [0.1, 0.15) is 5.82 Å². The molecule has 0 saturated carbocycles. The van der Waals surface area contributed by atoms with Crippen LogP contribution in [0.3, 0.4) is 0 Å². The molecule has 6 nitrogen and oxygen atoms in total. The Morgan fingerprint density at radius 2 is 1.95 bits per heavy atom. The molecule has 2 aromatic rings. The van der Waals surface area contributed by atoms with Gasteiger partial charge in [-0.1, -0.05) is 46.4 Å². The number of hydrogen-bond donors (Lipinski definition) is 0. The molecule has 1 unspecified atom stereocenters. The SMILES string of the molecule is C=CN1C[C@H](CN(CC)CCC)N(CC(=O)N2CC(C)(C)c3ncc(Cc4ccc(F)cc4)cc32)CC1C. The van der Waals surface area contributed by atoms with E-state index in [1.807, 2.05) is 17.3 Å². The Hall–Kier alpha value is -2.77. The molecule has 0 bridgehead atoms. The van der Waals surface area contributed by atoms with Gasteiger partial charge in [-0.2, -0.15) is 0 Å². The molecular weight excluding hydrogens is 477 g/mol. The van der Waals surface area contributed by atoms with Crippen molar-refractivity contribution in [3.05, 3.63) is 71.9 Å². The van der Waals surface area contributed by atoms with Gasteiger partial charge in [0.05, 0.1) is 17.9 Å². The average Bonchev–Trinajstić information content (AvgIpc) is 3.16. The number of amides is 1. The van der Waals surface area contributed by atoms with Crippen molar-refractivity contribution in [3.8, 4) is 0 Å². The first kappa shape index (κ1) is 28.2. The van der Waals surface area contributed by atoms with E-state index in [-0.39, 0.29) is 23.2 Å². The lowest BCUT2D eigenvalue weighted by atomic mass is 9.91. The molecule has 0 N–H and O–H groups in total. The summed E-state index contributed by atoms with van der Waals surface area (Å²) in [4.78, 5) is 27.9. The second kappa shape index (κ2) is 12.0. The molecule has 2 aliphatic heterocycles. The summed E-state index contributed by atoms with van der Waals surface area (Å²) in [6.45, 7) is 20.7. The topological polar surface area (TPSA) is 42.9 Å². The maximum atomic E-state index is 13.9. The molecule has 2 atom stereocenters. The highest BCUT2D eigenvalue weighted by Crippen LogP contribution is 2.40. The van der Waals surface area contributed by atoms with Crippen molar-refractivity contribution >= 4 is 11.6 Å². The number of nitrogens with zero attached hydrogens (tertiary/aromatic N) is 5. The smallest absolute Gasteiger partial charge is 0.241 e. The summed E-state index contributed by atoms with van der Waals surface area (Å²) in [7, 11) is 0. The maximum absolute atomic E-state index is 13.9. The predicted octanol–water partition coefficient (Wildman–Crippen LogP) is 4.69. The van der Waals surface area contributed by atoms with Crippen molar-refractivity contribution in [1.29, 1.82) is 0 Å². The molecular formula is C31H44FN5O. The summed E-state index contributed by atoms with van der Waals surface area (Å²) in [6, 6.07) is 9.25. The monoisotopic (exact) mass is 521 g/mol. The van der Waals surface area contributed by atoms with Gasteiger partial charge >= 0.3 is 0 Å². The first-order valence-electron chi connectivity index (χ1n) is 14.0. The van der Waals surface area contributed by atoms with E-state index in [0.717, 1.165) is 61.7 Å². The average molecular weight is 522 g/mol. The number of piperazine rings is 1. The zero-order valence-electron chi connectivity index (χ0n) is 23.8. The summed E-state index contributed by atoms with van der Waals surface area (Å²) in [5.74, 6) is -0.113. The molecule has 2 aliphatic rings. The number of likely N-dealkylation sites (N-methyl/N-ethyl adjacent to an activating group) is 1. The Balaban J connectivity index is 1.54. The molecule has 0 spiro atoms. The van der Waals surface area contributed by atoms with Gasteiger partial charge in [0.15, 0.2) is 0 Å². The van der Waals surface area contributed by atoms with Gasteiger partial charge in [0.25, 0.3) is 0 Å². The first-order valence-corrected chi connectivity index (χ1v) is 14.0. The Morgan fingerprint density at radius 1 is 1.21 bits per heavy atom. The molecule has 4 rings (SSSR count). The molecule has 1 amide bonds. The first-order chi connectivity index (χ1) is 18.1. The minimum atomic E-state index is -0.238. The van der Waals surface area contributed by atoms with E-state index in [4.69, 9.17) is 4.98 Å². The van der Waals surface area contributed by atoms with Crippen LogP contribution in [0.25, 0.3) is 0 Å². The van der Waals surface area contributed by atoms with Gasteiger partial charge in [-0.15, -0.1) is 0 Å². The Kier molecular flexibility index (Phi) is 8.89. The molecule has 38 heavy (non-hydrogen) atoms. The van der Waals surface area contributed by atoms with E-state index in [1.165, 1.54) is 12.1 Å². The molecule has 0 aliphatic carbocycles. The van der Waals surface area contributed by atoms with E-state index in [0.29, 0.717) is 25.6 Å². The van der Waals surface area contributed by atoms with Gasteiger partial charge in [-0.25, -0.2) is 4.39 Å². The molecule has 3 heterocycles. The van der Waals surface area contributed by atoms with Gasteiger partial charge in [0, 0.05) is 49.9 Å². The molecule has 1 aromatic carbocycles. The van der Waals surface area contributed by atoms with Crippen LogP contribution in [-0.4, -0.2) is 83.5 Å². The van der Waals surface area contributed by atoms with Crippen molar-refractivity contribution in [3.63, 3.8) is 0 Å². The number of hydrogen-bond acceptors (Lipinski definition) is 5. The van der Waals surface area contributed by atoms with Gasteiger partial charge in [-0.05, 0) is 68.4 Å². The fraction of sp³-hybridized carbons (Fsp3) is 0.548. The number of anilines is 1. The quantitative estimate of drug-likeness (QED) is 0.454. The highest BCUT2D eigenvalue weighted by atomic mass is 19.1. The van der Waals surface area contributed by atoms with Crippen molar-refractivity contribution in [1.82, 2.24) is 19.7 Å². The third kappa shape index (κ3) is 6.26. The molecule has 206 valence electrons. The molecule has 1 aromatic heterocycles. The van der Waals surface area contributed by atoms with Crippen LogP contribution >= 0.6 is 0 Å². The summed E-state index contributed by atoms with van der Waals surface area (Å²) in [6.07, 6.45) is 5.61. The summed E-state index contributed by atoms with van der Waals surface area (Å²) in [5.41, 5.74) is 3.71. The minimum Gasteiger partial charge on any atom is -0.372 e. The van der Waals surface area contributed by atoms with Crippen LogP contribution in [0.1, 0.15) is 57.9 Å². The molecule has 0 radical (unpaired) electrons. The fourth-order valence-corrected chi connectivity index (χ4v) is 5.94. The number of halogens is 1. The second-order valence-corrected chi connectivity index (χ2v) is 11.6. The van der Waals surface area contributed by atoms with Crippen LogP contribution in [0.2, 0.25) is 0 Å². The lowest BCUT2D eigenvalue weighted by molar-refractivity contribution is -0.121. The number of aromatic nitrogens is 1. The van der Waals surface area contributed by atoms with Crippen LogP contribution < -0.4 is 4.90 Å².